The second-order valence-electron chi connectivity index (χ2n) is 2.36. The second-order valence-corrected chi connectivity index (χ2v) is 2.36. The number of hydrogen-bond acceptors (Lipinski definition) is 2. The van der Waals surface area contributed by atoms with Gasteiger partial charge in [-0.1, -0.05) is 12.2 Å². The van der Waals surface area contributed by atoms with Crippen LogP contribution in [0.4, 0.5) is 0 Å². The van der Waals surface area contributed by atoms with Crippen LogP contribution in [0.2, 0.25) is 0 Å². The van der Waals surface area contributed by atoms with Gasteiger partial charge in [0.25, 0.3) is 6.20 Å². The van der Waals surface area contributed by atoms with E-state index in [1.54, 1.807) is 6.20 Å². The Morgan fingerprint density at radius 3 is 3.10 bits per heavy atom. The van der Waals surface area contributed by atoms with Gasteiger partial charge in [-0.15, -0.1) is 0 Å². The molecule has 0 atom stereocenters. The van der Waals surface area contributed by atoms with Gasteiger partial charge < -0.3 is 0 Å². The lowest BCUT2D eigenvalue weighted by atomic mass is 10.0. The Balaban J connectivity index is 2.40. The fourth-order valence-electron chi connectivity index (χ4n) is 1.14. The Hall–Kier alpha value is -1.18. The molecule has 0 amide bonds. The summed E-state index contributed by atoms with van der Waals surface area (Å²) in [6, 6.07) is 0. The first-order valence-electron chi connectivity index (χ1n) is 3.45. The molecule has 0 spiro atoms. The molecule has 0 saturated carbocycles. The highest BCUT2D eigenvalue weighted by atomic mass is 15.1. The molecule has 0 unspecified atom stereocenters. The second kappa shape index (κ2) is 2.21. The highest BCUT2D eigenvalue weighted by Crippen LogP contribution is 2.21. The Labute approximate surface area is 59.7 Å². The number of hydrogen-bond donors (Lipinski definition) is 0. The maximum absolute atomic E-state index is 3.98. The molecule has 0 bridgehead atoms. The van der Waals surface area contributed by atoms with Crippen LogP contribution < -0.4 is 5.11 Å². The maximum atomic E-state index is 3.98. The van der Waals surface area contributed by atoms with Crippen LogP contribution in [0.25, 0.3) is 0 Å². The van der Waals surface area contributed by atoms with Crippen molar-refractivity contribution in [1.29, 1.82) is 0 Å². The molecule has 2 aliphatic rings. The fourth-order valence-corrected chi connectivity index (χ4v) is 1.14. The molecule has 0 aromatic carbocycles. The summed E-state index contributed by atoms with van der Waals surface area (Å²) in [6.07, 6.45) is 10.3. The zero-order valence-electron chi connectivity index (χ0n) is 5.62. The van der Waals surface area contributed by atoms with Crippen LogP contribution in [0.5, 0.6) is 0 Å². The van der Waals surface area contributed by atoms with Crippen molar-refractivity contribution in [1.82, 2.24) is 5.11 Å². The van der Waals surface area contributed by atoms with E-state index in [1.165, 1.54) is 5.57 Å². The Morgan fingerprint density at radius 2 is 2.20 bits per heavy atom. The molecule has 0 saturated heterocycles. The largest absolute Gasteiger partial charge is 0.278 e. The Morgan fingerprint density at radius 1 is 1.30 bits per heavy atom. The van der Waals surface area contributed by atoms with E-state index < -0.39 is 0 Å². The zero-order valence-corrected chi connectivity index (χ0v) is 5.62. The molecule has 0 aromatic heterocycles. The van der Waals surface area contributed by atoms with E-state index in [4.69, 9.17) is 0 Å². The van der Waals surface area contributed by atoms with E-state index in [1.807, 2.05) is 6.08 Å². The van der Waals surface area contributed by atoms with Crippen LogP contribution in [-0.2, 0) is 0 Å². The predicted molar refractivity (Wildman–Crippen MR) is 39.1 cm³/mol. The molecule has 1 aliphatic heterocycles. The standard InChI is InChI=1S/C8H8N2/c1-2-4-8-7(3-1)5-6-9-10-8/h3-6H,1-2H2/q+1. The molecule has 2 rings (SSSR count). The lowest BCUT2D eigenvalue weighted by Gasteiger charge is -2.03. The smallest absolute Gasteiger partial charge is 0.0743 e. The average molecular weight is 132 g/mol. The van der Waals surface area contributed by atoms with Gasteiger partial charge in [0.2, 0.25) is 5.11 Å². The first-order valence-corrected chi connectivity index (χ1v) is 3.45. The summed E-state index contributed by atoms with van der Waals surface area (Å²) in [5, 5.41) is 7.78. The van der Waals surface area contributed by atoms with Crippen molar-refractivity contribution in [3.8, 4) is 0 Å². The topological polar surface area (TPSA) is 26.5 Å². The number of azo groups is 1. The molecule has 1 heterocycles. The van der Waals surface area contributed by atoms with Gasteiger partial charge in [-0.25, -0.2) is 0 Å². The minimum atomic E-state index is 1.04. The van der Waals surface area contributed by atoms with E-state index >= 15 is 0 Å². The summed E-state index contributed by atoms with van der Waals surface area (Å²) in [7, 11) is 0. The quantitative estimate of drug-likeness (QED) is 0.481. The van der Waals surface area contributed by atoms with Gasteiger partial charge in [-0.05, 0) is 12.8 Å². The normalized spacial score (nSPS) is 21.6. The molecule has 0 aromatic rings. The van der Waals surface area contributed by atoms with E-state index in [-0.39, 0.29) is 0 Å². The Kier molecular flexibility index (Phi) is 1.24. The van der Waals surface area contributed by atoms with Gasteiger partial charge in [0.05, 0.1) is 5.11 Å². The monoisotopic (exact) mass is 132 g/mol. The van der Waals surface area contributed by atoms with Crippen molar-refractivity contribution < 1.29 is 0 Å². The summed E-state index contributed by atoms with van der Waals surface area (Å²) in [6.45, 7) is 0. The van der Waals surface area contributed by atoms with Crippen LogP contribution >= 0.6 is 0 Å². The summed E-state index contributed by atoms with van der Waals surface area (Å²) in [5.74, 6) is 0. The third-order valence-electron chi connectivity index (χ3n) is 1.65. The van der Waals surface area contributed by atoms with Crippen LogP contribution in [0.1, 0.15) is 12.8 Å². The first-order chi connectivity index (χ1) is 4.97. The van der Waals surface area contributed by atoms with Crippen LogP contribution in [0.3, 0.4) is 0 Å². The number of nitrogens with zero attached hydrogens (tertiary/aromatic N) is 2. The molecule has 0 fully saturated rings. The molecule has 0 N–H and O–H groups in total. The van der Waals surface area contributed by atoms with E-state index in [0.29, 0.717) is 0 Å². The highest BCUT2D eigenvalue weighted by molar-refractivity contribution is 5.41. The van der Waals surface area contributed by atoms with Crippen molar-refractivity contribution >= 4 is 0 Å². The van der Waals surface area contributed by atoms with Crippen molar-refractivity contribution in [2.24, 2.45) is 5.11 Å². The van der Waals surface area contributed by atoms with E-state index in [9.17, 15) is 0 Å². The van der Waals surface area contributed by atoms with Gasteiger partial charge in [-0.3, -0.25) is 0 Å². The van der Waals surface area contributed by atoms with Crippen molar-refractivity contribution in [3.05, 3.63) is 35.7 Å². The van der Waals surface area contributed by atoms with Gasteiger partial charge in [0, 0.05) is 11.6 Å². The lowest BCUT2D eigenvalue weighted by molar-refractivity contribution is 0.933. The number of fused-ring (bicyclic) bond motifs is 1. The molecular weight excluding hydrogens is 124 g/mol. The van der Waals surface area contributed by atoms with Crippen molar-refractivity contribution in [3.63, 3.8) is 0 Å². The minimum Gasteiger partial charge on any atom is -0.0743 e. The molecular formula is C8H8N2+. The predicted octanol–water partition coefficient (Wildman–Crippen LogP) is 1.91. The summed E-state index contributed by atoms with van der Waals surface area (Å²) in [5.41, 5.74) is 2.26. The van der Waals surface area contributed by atoms with Crippen LogP contribution in [0, 0.1) is 0 Å². The number of allylic oxidation sites excluding steroid dienone is 3. The van der Waals surface area contributed by atoms with Crippen molar-refractivity contribution in [2.75, 3.05) is 0 Å². The molecule has 10 heavy (non-hydrogen) atoms. The van der Waals surface area contributed by atoms with Gasteiger partial charge >= 0.3 is 0 Å². The Bertz CT molecular complexity index is 228. The zero-order chi connectivity index (χ0) is 6.81. The summed E-state index contributed by atoms with van der Waals surface area (Å²) < 4.78 is 0. The van der Waals surface area contributed by atoms with E-state index in [0.717, 1.165) is 18.5 Å². The summed E-state index contributed by atoms with van der Waals surface area (Å²) in [4.78, 5) is 0. The van der Waals surface area contributed by atoms with Crippen LogP contribution in [0.15, 0.2) is 40.8 Å². The van der Waals surface area contributed by atoms with Gasteiger partial charge in [0.1, 0.15) is 5.70 Å². The third kappa shape index (κ3) is 0.817. The summed E-state index contributed by atoms with van der Waals surface area (Å²) >= 11 is 0. The first kappa shape index (κ1) is 5.59. The molecule has 49 valence electrons. The van der Waals surface area contributed by atoms with Gasteiger partial charge in [0.15, 0.2) is 0 Å². The minimum absolute atomic E-state index is 1.04. The van der Waals surface area contributed by atoms with Gasteiger partial charge in [-0.2, -0.15) is 0 Å². The molecule has 1 aliphatic carbocycles. The molecule has 1 radical (unpaired) electrons. The third-order valence-corrected chi connectivity index (χ3v) is 1.65. The molecule has 2 heteroatoms. The fraction of sp³-hybridized carbons (Fsp3) is 0.250. The maximum Gasteiger partial charge on any atom is 0.278 e. The van der Waals surface area contributed by atoms with Crippen molar-refractivity contribution in [2.45, 2.75) is 12.8 Å². The highest BCUT2D eigenvalue weighted by Gasteiger charge is 2.13. The average Bonchev–Trinajstić information content (AvgIpc) is 2.05. The molecule has 2 nitrogen and oxygen atoms in total. The van der Waals surface area contributed by atoms with Crippen LogP contribution in [-0.4, -0.2) is 0 Å². The SMILES string of the molecule is C1=CC2=CCCC=C2N=[N+]1. The lowest BCUT2D eigenvalue weighted by Crippen LogP contribution is -1.95. The van der Waals surface area contributed by atoms with E-state index in [2.05, 4.69) is 22.4 Å². The number of rotatable bonds is 0.